The largest absolute Gasteiger partial charge is 0.293 e. The van der Waals surface area contributed by atoms with E-state index in [1.807, 2.05) is 0 Å². The van der Waals surface area contributed by atoms with Gasteiger partial charge in [-0.25, -0.2) is 10.1 Å². The molecule has 0 aliphatic rings. The molecule has 7 nitrogen and oxygen atoms in total. The molecule has 0 bridgehead atoms. The van der Waals surface area contributed by atoms with Crippen LogP contribution in [0.25, 0.3) is 0 Å². The molecule has 1 amide bonds. The SMILES string of the molecule is Cc1nn(C)c(F)c1/C=N\NC(=O)c1nn(C)cc1Br. The first-order valence-corrected chi connectivity index (χ1v) is 6.41. The van der Waals surface area contributed by atoms with Gasteiger partial charge in [0.1, 0.15) is 0 Å². The maximum atomic E-state index is 13.6. The molecule has 1 N–H and O–H groups in total. The van der Waals surface area contributed by atoms with Crippen LogP contribution in [0.3, 0.4) is 0 Å². The summed E-state index contributed by atoms with van der Waals surface area (Å²) in [6, 6.07) is 0. The van der Waals surface area contributed by atoms with Crippen molar-refractivity contribution in [3.63, 3.8) is 0 Å². The van der Waals surface area contributed by atoms with Crippen LogP contribution < -0.4 is 5.43 Å². The van der Waals surface area contributed by atoms with Gasteiger partial charge in [-0.1, -0.05) is 0 Å². The molecule has 0 radical (unpaired) electrons. The Morgan fingerprint density at radius 1 is 1.50 bits per heavy atom. The van der Waals surface area contributed by atoms with Crippen LogP contribution in [-0.2, 0) is 14.1 Å². The van der Waals surface area contributed by atoms with Crippen LogP contribution in [0.2, 0.25) is 0 Å². The van der Waals surface area contributed by atoms with Crippen molar-refractivity contribution >= 4 is 28.1 Å². The Morgan fingerprint density at radius 2 is 2.20 bits per heavy atom. The van der Waals surface area contributed by atoms with E-state index in [9.17, 15) is 9.18 Å². The van der Waals surface area contributed by atoms with Gasteiger partial charge in [0.05, 0.1) is 21.9 Å². The molecule has 2 aromatic rings. The highest BCUT2D eigenvalue weighted by Crippen LogP contribution is 2.13. The quantitative estimate of drug-likeness (QED) is 0.670. The molecule has 0 aliphatic heterocycles. The standard InChI is InChI=1S/C11H12BrFN6O/c1-6-7(10(13)19(3)16-6)4-14-15-11(20)9-8(12)5-18(2)17-9/h4-5H,1-3H3,(H,15,20)/b14-4-. The number of hydrazone groups is 1. The highest BCUT2D eigenvalue weighted by Gasteiger charge is 2.14. The van der Waals surface area contributed by atoms with E-state index in [0.29, 0.717) is 10.2 Å². The van der Waals surface area contributed by atoms with Gasteiger partial charge >= 0.3 is 0 Å². The van der Waals surface area contributed by atoms with Gasteiger partial charge in [0, 0.05) is 20.3 Å². The Kier molecular flexibility index (Phi) is 3.98. The highest BCUT2D eigenvalue weighted by atomic mass is 79.9. The van der Waals surface area contributed by atoms with Crippen LogP contribution in [-0.4, -0.2) is 31.7 Å². The van der Waals surface area contributed by atoms with Crippen molar-refractivity contribution in [1.29, 1.82) is 0 Å². The number of hydrogen-bond acceptors (Lipinski definition) is 4. The fourth-order valence-electron chi connectivity index (χ4n) is 1.61. The van der Waals surface area contributed by atoms with E-state index in [1.54, 1.807) is 20.2 Å². The minimum absolute atomic E-state index is 0.202. The predicted octanol–water partition coefficient (Wildman–Crippen LogP) is 1.13. The van der Waals surface area contributed by atoms with E-state index in [2.05, 4.69) is 36.7 Å². The minimum Gasteiger partial charge on any atom is -0.274 e. The van der Waals surface area contributed by atoms with Gasteiger partial charge in [-0.05, 0) is 22.9 Å². The number of halogens is 2. The second-order valence-corrected chi connectivity index (χ2v) is 4.97. The van der Waals surface area contributed by atoms with Gasteiger partial charge in [0.2, 0.25) is 5.95 Å². The molecule has 2 heterocycles. The summed E-state index contributed by atoms with van der Waals surface area (Å²) in [6.07, 6.45) is 2.86. The zero-order valence-electron chi connectivity index (χ0n) is 11.1. The summed E-state index contributed by atoms with van der Waals surface area (Å²) >= 11 is 3.21. The molecular weight excluding hydrogens is 331 g/mol. The second-order valence-electron chi connectivity index (χ2n) is 4.11. The average molecular weight is 343 g/mol. The second kappa shape index (κ2) is 5.53. The first kappa shape index (κ1) is 14.4. The Labute approximate surface area is 122 Å². The lowest BCUT2D eigenvalue weighted by molar-refractivity contribution is 0.0948. The van der Waals surface area contributed by atoms with Gasteiger partial charge in [-0.15, -0.1) is 0 Å². The molecule has 2 aromatic heterocycles. The van der Waals surface area contributed by atoms with Gasteiger partial charge in [0.15, 0.2) is 5.69 Å². The van der Waals surface area contributed by atoms with E-state index in [1.165, 1.54) is 17.9 Å². The summed E-state index contributed by atoms with van der Waals surface area (Å²) in [6.45, 7) is 1.65. The van der Waals surface area contributed by atoms with Gasteiger partial charge < -0.3 is 0 Å². The smallest absolute Gasteiger partial charge is 0.274 e. The maximum Gasteiger partial charge on any atom is 0.293 e. The number of rotatable bonds is 3. The van der Waals surface area contributed by atoms with E-state index in [0.717, 1.165) is 4.68 Å². The summed E-state index contributed by atoms with van der Waals surface area (Å²) in [4.78, 5) is 11.8. The zero-order chi connectivity index (χ0) is 14.9. The fourth-order valence-corrected chi connectivity index (χ4v) is 2.17. The summed E-state index contributed by atoms with van der Waals surface area (Å²) in [7, 11) is 3.18. The predicted molar refractivity (Wildman–Crippen MR) is 73.9 cm³/mol. The van der Waals surface area contributed by atoms with E-state index in [4.69, 9.17) is 0 Å². The Balaban J connectivity index is 2.10. The van der Waals surface area contributed by atoms with Crippen LogP contribution in [0.5, 0.6) is 0 Å². The van der Waals surface area contributed by atoms with Crippen LogP contribution in [0, 0.1) is 12.9 Å². The van der Waals surface area contributed by atoms with Crippen molar-refractivity contribution in [3.05, 3.63) is 33.6 Å². The number of nitrogens with zero attached hydrogens (tertiary/aromatic N) is 5. The maximum absolute atomic E-state index is 13.6. The third kappa shape index (κ3) is 2.77. The number of aryl methyl sites for hydroxylation is 3. The molecule has 20 heavy (non-hydrogen) atoms. The monoisotopic (exact) mass is 342 g/mol. The highest BCUT2D eigenvalue weighted by molar-refractivity contribution is 9.10. The van der Waals surface area contributed by atoms with Crippen molar-refractivity contribution in [3.8, 4) is 0 Å². The van der Waals surface area contributed by atoms with E-state index >= 15 is 0 Å². The lowest BCUT2D eigenvalue weighted by Gasteiger charge is -1.96. The van der Waals surface area contributed by atoms with Crippen LogP contribution in [0.15, 0.2) is 15.8 Å². The van der Waals surface area contributed by atoms with Crippen LogP contribution in [0.4, 0.5) is 4.39 Å². The molecule has 106 valence electrons. The topological polar surface area (TPSA) is 77.1 Å². The van der Waals surface area contributed by atoms with Crippen LogP contribution >= 0.6 is 15.9 Å². The number of amides is 1. The summed E-state index contributed by atoms with van der Waals surface area (Å²) in [5.41, 5.74) is 3.21. The lowest BCUT2D eigenvalue weighted by Crippen LogP contribution is -2.19. The Morgan fingerprint density at radius 3 is 2.70 bits per heavy atom. The molecule has 0 saturated heterocycles. The number of aromatic nitrogens is 4. The molecule has 2 rings (SSSR count). The first-order valence-electron chi connectivity index (χ1n) is 5.61. The molecule has 0 aliphatic carbocycles. The number of nitrogens with one attached hydrogen (secondary N) is 1. The zero-order valence-corrected chi connectivity index (χ0v) is 12.6. The summed E-state index contributed by atoms with van der Waals surface area (Å²) < 4.78 is 16.8. The molecule has 9 heteroatoms. The van der Waals surface area contributed by atoms with E-state index in [-0.39, 0.29) is 11.3 Å². The molecule has 0 saturated carbocycles. The van der Waals surface area contributed by atoms with Gasteiger partial charge in [-0.2, -0.15) is 19.7 Å². The molecule has 0 fully saturated rings. The van der Waals surface area contributed by atoms with E-state index < -0.39 is 11.9 Å². The molecule has 0 spiro atoms. The Hall–Kier alpha value is -2.03. The number of carbonyl (C=O) groups is 1. The molecular formula is C11H12BrFN6O. The minimum atomic E-state index is -0.514. The van der Waals surface area contributed by atoms with Gasteiger partial charge in [-0.3, -0.25) is 9.48 Å². The third-order valence-electron chi connectivity index (χ3n) is 2.56. The van der Waals surface area contributed by atoms with Crippen LogP contribution in [0.1, 0.15) is 21.7 Å². The molecule has 0 aromatic carbocycles. The molecule has 0 atom stereocenters. The lowest BCUT2D eigenvalue weighted by atomic mass is 10.3. The number of carbonyl (C=O) groups excluding carboxylic acids is 1. The summed E-state index contributed by atoms with van der Waals surface area (Å²) in [5, 5.41) is 11.6. The van der Waals surface area contributed by atoms with Crippen molar-refractivity contribution in [1.82, 2.24) is 25.0 Å². The van der Waals surface area contributed by atoms with Gasteiger partial charge in [0.25, 0.3) is 5.91 Å². The first-order chi connectivity index (χ1) is 9.40. The average Bonchev–Trinajstić information content (AvgIpc) is 2.82. The van der Waals surface area contributed by atoms with Crippen molar-refractivity contribution in [2.24, 2.45) is 19.2 Å². The third-order valence-corrected chi connectivity index (χ3v) is 3.14. The van der Waals surface area contributed by atoms with Crippen molar-refractivity contribution in [2.75, 3.05) is 0 Å². The summed E-state index contributed by atoms with van der Waals surface area (Å²) in [5.74, 6) is -1.00. The van der Waals surface area contributed by atoms with Crippen molar-refractivity contribution < 1.29 is 9.18 Å². The normalized spacial score (nSPS) is 11.2. The number of hydrogen-bond donors (Lipinski definition) is 1. The Bertz CT molecular complexity index is 689. The van der Waals surface area contributed by atoms with Crippen molar-refractivity contribution in [2.45, 2.75) is 6.92 Å². The molecule has 0 unspecified atom stereocenters. The fraction of sp³-hybridized carbons (Fsp3) is 0.273.